The highest BCUT2D eigenvalue weighted by Gasteiger charge is 2.25. The number of amides is 1. The van der Waals surface area contributed by atoms with Gasteiger partial charge in [0.15, 0.2) is 0 Å². The molecule has 1 heterocycles. The lowest BCUT2D eigenvalue weighted by atomic mass is 10.1. The van der Waals surface area contributed by atoms with Crippen molar-refractivity contribution >= 4 is 17.7 Å². The van der Waals surface area contributed by atoms with Gasteiger partial charge in [0.1, 0.15) is 11.9 Å². The summed E-state index contributed by atoms with van der Waals surface area (Å²) in [5, 5.41) is 0. The van der Waals surface area contributed by atoms with Crippen LogP contribution in [0.3, 0.4) is 0 Å². The maximum atomic E-state index is 12.5. The quantitative estimate of drug-likeness (QED) is 0.780. The van der Waals surface area contributed by atoms with Crippen LogP contribution < -0.4 is 4.74 Å². The van der Waals surface area contributed by atoms with E-state index in [0.29, 0.717) is 25.4 Å². The zero-order valence-electron chi connectivity index (χ0n) is 13.7. The Morgan fingerprint density at radius 1 is 1.25 bits per heavy atom. The first-order valence-electron chi connectivity index (χ1n) is 7.97. The van der Waals surface area contributed by atoms with Crippen LogP contribution in [0.2, 0.25) is 0 Å². The second kappa shape index (κ2) is 8.22. The van der Waals surface area contributed by atoms with Crippen molar-refractivity contribution in [2.45, 2.75) is 11.0 Å². The average molecular weight is 343 g/mol. The third-order valence-corrected chi connectivity index (χ3v) is 4.97. The van der Waals surface area contributed by atoms with Gasteiger partial charge in [0, 0.05) is 11.4 Å². The molecule has 0 N–H and O–H groups in total. The Morgan fingerprint density at radius 3 is 2.88 bits per heavy atom. The minimum atomic E-state index is -0.0364. The molecule has 1 fully saturated rings. The summed E-state index contributed by atoms with van der Waals surface area (Å²) in [5.74, 6) is 1.38. The van der Waals surface area contributed by atoms with Crippen LogP contribution in [0, 0.1) is 0 Å². The molecule has 4 nitrogen and oxygen atoms in total. The minimum Gasteiger partial charge on any atom is -0.497 e. The standard InChI is InChI=1S/C19H21NO3S/c1-22-16-8-5-9-17(12-16)24-14-19(21)20-10-11-23-18(13-20)15-6-3-2-4-7-15/h2-9,12,18H,10-11,13-14H2,1H3/t18-/m0/s1. The Morgan fingerprint density at radius 2 is 2.08 bits per heavy atom. The van der Waals surface area contributed by atoms with E-state index in [1.165, 1.54) is 11.8 Å². The molecule has 2 aromatic carbocycles. The van der Waals surface area contributed by atoms with Crippen molar-refractivity contribution in [3.63, 3.8) is 0 Å². The molecule has 3 rings (SSSR count). The zero-order chi connectivity index (χ0) is 16.8. The predicted molar refractivity (Wildman–Crippen MR) is 95.4 cm³/mol. The first-order valence-corrected chi connectivity index (χ1v) is 8.96. The second-order valence-corrected chi connectivity index (χ2v) is 6.63. The first-order chi connectivity index (χ1) is 11.8. The van der Waals surface area contributed by atoms with Crippen molar-refractivity contribution in [2.75, 3.05) is 32.6 Å². The van der Waals surface area contributed by atoms with Crippen LogP contribution in [0.15, 0.2) is 59.5 Å². The number of thioether (sulfide) groups is 1. The maximum Gasteiger partial charge on any atom is 0.233 e. The molecule has 1 amide bonds. The Kier molecular flexibility index (Phi) is 5.77. The van der Waals surface area contributed by atoms with E-state index in [1.807, 2.05) is 59.5 Å². The van der Waals surface area contributed by atoms with Crippen LogP contribution >= 0.6 is 11.8 Å². The Hall–Kier alpha value is -1.98. The number of carbonyl (C=O) groups excluding carboxylic acids is 1. The SMILES string of the molecule is COc1cccc(SCC(=O)N2CCO[C@H](c3ccccc3)C2)c1. The van der Waals surface area contributed by atoms with Crippen molar-refractivity contribution in [2.24, 2.45) is 0 Å². The molecule has 24 heavy (non-hydrogen) atoms. The van der Waals surface area contributed by atoms with Gasteiger partial charge in [-0.25, -0.2) is 0 Å². The van der Waals surface area contributed by atoms with E-state index < -0.39 is 0 Å². The Bertz CT molecular complexity index is 677. The normalized spacial score (nSPS) is 17.5. The number of benzene rings is 2. The fourth-order valence-electron chi connectivity index (χ4n) is 2.67. The summed E-state index contributed by atoms with van der Waals surface area (Å²) in [6, 6.07) is 17.9. The van der Waals surface area contributed by atoms with Gasteiger partial charge in [-0.2, -0.15) is 0 Å². The summed E-state index contributed by atoms with van der Waals surface area (Å²) in [5.41, 5.74) is 1.12. The smallest absolute Gasteiger partial charge is 0.233 e. The highest BCUT2D eigenvalue weighted by molar-refractivity contribution is 8.00. The van der Waals surface area contributed by atoms with Gasteiger partial charge in [-0.1, -0.05) is 36.4 Å². The monoisotopic (exact) mass is 343 g/mol. The Labute approximate surface area is 146 Å². The van der Waals surface area contributed by atoms with E-state index in [-0.39, 0.29) is 12.0 Å². The molecule has 0 aromatic heterocycles. The van der Waals surface area contributed by atoms with Crippen molar-refractivity contribution in [1.82, 2.24) is 4.90 Å². The molecular weight excluding hydrogens is 322 g/mol. The lowest BCUT2D eigenvalue weighted by molar-refractivity contribution is -0.136. The molecule has 0 aliphatic carbocycles. The van der Waals surface area contributed by atoms with Crippen LogP contribution in [0.4, 0.5) is 0 Å². The molecule has 1 atom stereocenters. The molecular formula is C19H21NO3S. The summed E-state index contributed by atoms with van der Waals surface area (Å²) in [4.78, 5) is 15.5. The van der Waals surface area contributed by atoms with Crippen molar-refractivity contribution in [3.05, 3.63) is 60.2 Å². The van der Waals surface area contributed by atoms with Gasteiger partial charge in [0.05, 0.1) is 26.0 Å². The number of carbonyl (C=O) groups is 1. The van der Waals surface area contributed by atoms with Gasteiger partial charge in [-0.3, -0.25) is 4.79 Å². The van der Waals surface area contributed by atoms with Crippen LogP contribution in [0.25, 0.3) is 0 Å². The first kappa shape index (κ1) is 16.9. The average Bonchev–Trinajstić information content (AvgIpc) is 2.67. The zero-order valence-corrected chi connectivity index (χ0v) is 14.5. The molecule has 5 heteroatoms. The molecule has 0 bridgehead atoms. The van der Waals surface area contributed by atoms with Crippen LogP contribution in [-0.4, -0.2) is 43.4 Å². The van der Waals surface area contributed by atoms with Gasteiger partial charge < -0.3 is 14.4 Å². The fraction of sp³-hybridized carbons (Fsp3) is 0.316. The van der Waals surface area contributed by atoms with Gasteiger partial charge in [0.25, 0.3) is 0 Å². The second-order valence-electron chi connectivity index (χ2n) is 5.58. The topological polar surface area (TPSA) is 38.8 Å². The molecule has 1 aliphatic heterocycles. The molecule has 2 aromatic rings. The van der Waals surface area contributed by atoms with Crippen LogP contribution in [0.1, 0.15) is 11.7 Å². The number of ether oxygens (including phenoxy) is 2. The number of rotatable bonds is 5. The van der Waals surface area contributed by atoms with Crippen molar-refractivity contribution in [3.8, 4) is 5.75 Å². The summed E-state index contributed by atoms with van der Waals surface area (Å²) in [6.45, 7) is 1.84. The molecule has 0 saturated carbocycles. The van der Waals surface area contributed by atoms with Gasteiger partial charge >= 0.3 is 0 Å². The lowest BCUT2D eigenvalue weighted by Gasteiger charge is -2.33. The summed E-state index contributed by atoms with van der Waals surface area (Å²) in [6.07, 6.45) is -0.0364. The summed E-state index contributed by atoms with van der Waals surface area (Å²) in [7, 11) is 1.65. The van der Waals surface area contributed by atoms with E-state index in [4.69, 9.17) is 9.47 Å². The van der Waals surface area contributed by atoms with Gasteiger partial charge in [-0.15, -0.1) is 11.8 Å². The number of methoxy groups -OCH3 is 1. The van der Waals surface area contributed by atoms with Gasteiger partial charge in [-0.05, 0) is 23.8 Å². The molecule has 0 spiro atoms. The van der Waals surface area contributed by atoms with Crippen molar-refractivity contribution in [1.29, 1.82) is 0 Å². The molecule has 1 saturated heterocycles. The van der Waals surface area contributed by atoms with E-state index in [2.05, 4.69) is 0 Å². The third-order valence-electron chi connectivity index (χ3n) is 3.99. The van der Waals surface area contributed by atoms with E-state index in [1.54, 1.807) is 7.11 Å². The molecule has 1 aliphatic rings. The highest BCUT2D eigenvalue weighted by atomic mass is 32.2. The van der Waals surface area contributed by atoms with Crippen molar-refractivity contribution < 1.29 is 14.3 Å². The molecule has 0 radical (unpaired) electrons. The summed E-state index contributed by atoms with van der Waals surface area (Å²) >= 11 is 1.54. The third kappa shape index (κ3) is 4.30. The minimum absolute atomic E-state index is 0.0364. The van der Waals surface area contributed by atoms with E-state index in [0.717, 1.165) is 16.2 Å². The summed E-state index contributed by atoms with van der Waals surface area (Å²) < 4.78 is 11.0. The Balaban J connectivity index is 1.56. The number of hydrogen-bond donors (Lipinski definition) is 0. The van der Waals surface area contributed by atoms with E-state index >= 15 is 0 Å². The van der Waals surface area contributed by atoms with E-state index in [9.17, 15) is 4.79 Å². The highest BCUT2D eigenvalue weighted by Crippen LogP contribution is 2.25. The number of hydrogen-bond acceptors (Lipinski definition) is 4. The molecule has 126 valence electrons. The van der Waals surface area contributed by atoms with Gasteiger partial charge in [0.2, 0.25) is 5.91 Å². The van der Waals surface area contributed by atoms with Crippen LogP contribution in [-0.2, 0) is 9.53 Å². The number of nitrogens with zero attached hydrogens (tertiary/aromatic N) is 1. The molecule has 0 unspecified atom stereocenters. The predicted octanol–water partition coefficient (Wildman–Crippen LogP) is 3.39. The van der Waals surface area contributed by atoms with Crippen LogP contribution in [0.5, 0.6) is 5.75 Å². The largest absolute Gasteiger partial charge is 0.497 e. The fourth-order valence-corrected chi connectivity index (χ4v) is 3.52. The number of morpholine rings is 1. The maximum absolute atomic E-state index is 12.5. The lowest BCUT2D eigenvalue weighted by Crippen LogP contribution is -2.43.